The van der Waals surface area contributed by atoms with Crippen LogP contribution in [0.25, 0.3) is 0 Å². The first kappa shape index (κ1) is 12.9. The Hall–Kier alpha value is -1.10. The van der Waals surface area contributed by atoms with Crippen LogP contribution in [-0.4, -0.2) is 35.9 Å². The molecule has 0 bridgehead atoms. The maximum atomic E-state index is 11.3. The number of hydrogen-bond donors (Lipinski definition) is 1. The second-order valence-corrected chi connectivity index (χ2v) is 3.10. The Morgan fingerprint density at radius 2 is 1.86 bits per heavy atom. The third-order valence-corrected chi connectivity index (χ3v) is 1.31. The summed E-state index contributed by atoms with van der Waals surface area (Å²) in [5.74, 6) is -1.19. The van der Waals surface area contributed by atoms with Crippen LogP contribution in [0.5, 0.6) is 0 Å². The van der Waals surface area contributed by atoms with Gasteiger partial charge in [-0.1, -0.05) is 0 Å². The zero-order valence-electron chi connectivity index (χ0n) is 8.65. The number of carbonyl (C=O) groups excluding carboxylic acids is 2. The minimum absolute atomic E-state index is 0.0606. The highest BCUT2D eigenvalue weighted by Gasteiger charge is 2.23. The zero-order valence-corrected chi connectivity index (χ0v) is 8.65. The van der Waals surface area contributed by atoms with Gasteiger partial charge in [0.2, 0.25) is 6.10 Å². The van der Waals surface area contributed by atoms with Crippen molar-refractivity contribution in [1.29, 1.82) is 0 Å². The highest BCUT2D eigenvalue weighted by molar-refractivity contribution is 5.78. The number of ether oxygens (including phenoxy) is 2. The molecule has 1 N–H and O–H groups in total. The Bertz CT molecular complexity index is 199. The van der Waals surface area contributed by atoms with Crippen LogP contribution in [-0.2, 0) is 19.1 Å². The second-order valence-electron chi connectivity index (χ2n) is 3.10. The summed E-state index contributed by atoms with van der Waals surface area (Å²) in [6.45, 7) is 4.36. The van der Waals surface area contributed by atoms with Crippen LogP contribution >= 0.6 is 0 Å². The van der Waals surface area contributed by atoms with Crippen molar-refractivity contribution in [1.82, 2.24) is 0 Å². The molecule has 0 amide bonds. The average molecular weight is 204 g/mol. The van der Waals surface area contributed by atoms with Gasteiger partial charge in [0.25, 0.3) is 0 Å². The predicted molar refractivity (Wildman–Crippen MR) is 48.5 cm³/mol. The van der Waals surface area contributed by atoms with Gasteiger partial charge in [0.1, 0.15) is 0 Å². The van der Waals surface area contributed by atoms with Crippen LogP contribution < -0.4 is 0 Å². The predicted octanol–water partition coefficient (Wildman–Crippen LogP) is 0.252. The number of carbonyl (C=O) groups is 2. The monoisotopic (exact) mass is 204 g/mol. The third-order valence-electron chi connectivity index (χ3n) is 1.31. The Morgan fingerprint density at radius 3 is 2.21 bits per heavy atom. The molecule has 0 heterocycles. The van der Waals surface area contributed by atoms with E-state index in [-0.39, 0.29) is 19.1 Å². The van der Waals surface area contributed by atoms with E-state index in [0.717, 1.165) is 0 Å². The largest absolute Gasteiger partial charge is 0.460 e. The quantitative estimate of drug-likeness (QED) is 0.650. The van der Waals surface area contributed by atoms with Crippen molar-refractivity contribution in [3.05, 3.63) is 0 Å². The van der Waals surface area contributed by atoms with E-state index in [4.69, 9.17) is 9.84 Å². The molecule has 0 spiro atoms. The van der Waals surface area contributed by atoms with Gasteiger partial charge in [-0.15, -0.1) is 0 Å². The number of rotatable bonds is 5. The second kappa shape index (κ2) is 6.37. The number of hydrogen-bond acceptors (Lipinski definition) is 5. The molecule has 0 saturated heterocycles. The molecule has 0 aromatic carbocycles. The molecule has 14 heavy (non-hydrogen) atoms. The van der Waals surface area contributed by atoms with Gasteiger partial charge in [-0.05, 0) is 13.8 Å². The van der Waals surface area contributed by atoms with Gasteiger partial charge in [-0.3, -0.25) is 4.79 Å². The lowest BCUT2D eigenvalue weighted by Gasteiger charge is -2.16. The Morgan fingerprint density at radius 1 is 1.29 bits per heavy atom. The topological polar surface area (TPSA) is 72.8 Å². The lowest BCUT2D eigenvalue weighted by molar-refractivity contribution is -0.170. The molecule has 0 aliphatic rings. The normalized spacial score (nSPS) is 12.4. The first-order chi connectivity index (χ1) is 6.47. The van der Waals surface area contributed by atoms with Crippen molar-refractivity contribution in [3.8, 4) is 0 Å². The first-order valence-corrected chi connectivity index (χ1v) is 4.46. The van der Waals surface area contributed by atoms with Gasteiger partial charge in [0.15, 0.2) is 0 Å². The van der Waals surface area contributed by atoms with Gasteiger partial charge in [-0.2, -0.15) is 0 Å². The van der Waals surface area contributed by atoms with Crippen molar-refractivity contribution in [2.45, 2.75) is 39.4 Å². The molecule has 0 fully saturated rings. The maximum Gasteiger partial charge on any atom is 0.347 e. The van der Waals surface area contributed by atoms with Gasteiger partial charge < -0.3 is 14.6 Å². The zero-order chi connectivity index (χ0) is 11.1. The summed E-state index contributed by atoms with van der Waals surface area (Å²) in [6.07, 6.45) is -1.20. The number of esters is 2. The van der Waals surface area contributed by atoms with Crippen molar-refractivity contribution in [2.24, 2.45) is 0 Å². The standard InChI is InChI=1S/C9H16O5/c1-6(2)13-9(12)8(4-5-10)14-7(3)11/h6,8,10H,4-5H2,1-3H3/t8-/m0/s1. The maximum absolute atomic E-state index is 11.3. The molecule has 0 rings (SSSR count). The fraction of sp³-hybridized carbons (Fsp3) is 0.778. The van der Waals surface area contributed by atoms with E-state index in [2.05, 4.69) is 4.74 Å². The molecule has 0 aliphatic carbocycles. The van der Waals surface area contributed by atoms with E-state index in [1.807, 2.05) is 0 Å². The van der Waals surface area contributed by atoms with E-state index in [9.17, 15) is 9.59 Å². The molecule has 1 atom stereocenters. The highest BCUT2D eigenvalue weighted by Crippen LogP contribution is 2.03. The summed E-state index contributed by atoms with van der Waals surface area (Å²) in [5.41, 5.74) is 0. The summed E-state index contributed by atoms with van der Waals surface area (Å²) >= 11 is 0. The van der Waals surface area contributed by atoms with Crippen LogP contribution in [0.15, 0.2) is 0 Å². The van der Waals surface area contributed by atoms with Gasteiger partial charge >= 0.3 is 11.9 Å². The number of aliphatic hydroxyl groups is 1. The van der Waals surface area contributed by atoms with Crippen LogP contribution in [0, 0.1) is 0 Å². The van der Waals surface area contributed by atoms with Gasteiger partial charge in [0, 0.05) is 20.0 Å². The Labute approximate surface area is 83.0 Å². The fourth-order valence-corrected chi connectivity index (χ4v) is 0.851. The molecule has 0 aliphatic heterocycles. The summed E-state index contributed by atoms with van der Waals surface area (Å²) in [5, 5.41) is 8.63. The molecule has 82 valence electrons. The molecule has 0 aromatic heterocycles. The van der Waals surface area contributed by atoms with E-state index in [1.54, 1.807) is 13.8 Å². The van der Waals surface area contributed by atoms with E-state index < -0.39 is 18.0 Å². The van der Waals surface area contributed by atoms with Crippen molar-refractivity contribution < 1.29 is 24.2 Å². The summed E-state index contributed by atoms with van der Waals surface area (Å²) in [4.78, 5) is 21.9. The minimum atomic E-state index is -1.00. The molecule has 0 aromatic rings. The Balaban J connectivity index is 4.17. The summed E-state index contributed by atoms with van der Waals surface area (Å²) in [7, 11) is 0. The van der Waals surface area contributed by atoms with Crippen LogP contribution in [0.3, 0.4) is 0 Å². The van der Waals surface area contributed by atoms with Crippen molar-refractivity contribution in [3.63, 3.8) is 0 Å². The molecule has 5 nitrogen and oxygen atoms in total. The Kier molecular flexibility index (Phi) is 5.87. The molecule has 0 saturated carbocycles. The highest BCUT2D eigenvalue weighted by atomic mass is 16.6. The van der Waals surface area contributed by atoms with Crippen LogP contribution in [0.2, 0.25) is 0 Å². The molecule has 0 radical (unpaired) electrons. The summed E-state index contributed by atoms with van der Waals surface area (Å²) in [6, 6.07) is 0. The lowest BCUT2D eigenvalue weighted by atomic mass is 10.2. The van der Waals surface area contributed by atoms with Crippen molar-refractivity contribution in [2.75, 3.05) is 6.61 Å². The van der Waals surface area contributed by atoms with Crippen LogP contribution in [0.1, 0.15) is 27.2 Å². The van der Waals surface area contributed by atoms with Gasteiger partial charge in [0.05, 0.1) is 6.10 Å². The SMILES string of the molecule is CC(=O)O[C@@H](CCO)C(=O)OC(C)C. The average Bonchev–Trinajstić information content (AvgIpc) is 2.01. The fourth-order valence-electron chi connectivity index (χ4n) is 0.851. The minimum Gasteiger partial charge on any atom is -0.460 e. The summed E-state index contributed by atoms with van der Waals surface area (Å²) < 4.78 is 9.52. The van der Waals surface area contributed by atoms with Crippen LogP contribution in [0.4, 0.5) is 0 Å². The van der Waals surface area contributed by atoms with E-state index >= 15 is 0 Å². The van der Waals surface area contributed by atoms with Crippen molar-refractivity contribution >= 4 is 11.9 Å². The first-order valence-electron chi connectivity index (χ1n) is 4.46. The molecular weight excluding hydrogens is 188 g/mol. The van der Waals surface area contributed by atoms with E-state index in [1.165, 1.54) is 6.92 Å². The molecule has 5 heteroatoms. The third kappa shape index (κ3) is 5.53. The molecular formula is C9H16O5. The van der Waals surface area contributed by atoms with Gasteiger partial charge in [-0.25, -0.2) is 4.79 Å². The smallest absolute Gasteiger partial charge is 0.347 e. The number of aliphatic hydroxyl groups excluding tert-OH is 1. The van der Waals surface area contributed by atoms with E-state index in [0.29, 0.717) is 0 Å². The lowest BCUT2D eigenvalue weighted by Crippen LogP contribution is -2.31. The molecule has 0 unspecified atom stereocenters.